The van der Waals surface area contributed by atoms with Gasteiger partial charge in [0.1, 0.15) is 11.6 Å². The third-order valence-electron chi connectivity index (χ3n) is 3.20. The van der Waals surface area contributed by atoms with Crippen molar-refractivity contribution in [1.82, 2.24) is 9.78 Å². The predicted octanol–water partition coefficient (Wildman–Crippen LogP) is 4.62. The number of carbonyl (C=O) groups excluding carboxylic acids is 1. The van der Waals surface area contributed by atoms with E-state index in [1.807, 2.05) is 0 Å². The fraction of sp³-hybridized carbons (Fsp3) is 0.0588. The van der Waals surface area contributed by atoms with Crippen LogP contribution in [0.2, 0.25) is 10.0 Å². The molecule has 5 nitrogen and oxygen atoms in total. The van der Waals surface area contributed by atoms with Crippen LogP contribution in [0.5, 0.6) is 5.75 Å². The second kappa shape index (κ2) is 7.55. The minimum atomic E-state index is -0.450. The van der Waals surface area contributed by atoms with Gasteiger partial charge in [-0.15, -0.1) is 0 Å². The van der Waals surface area contributed by atoms with Crippen molar-refractivity contribution in [3.8, 4) is 5.75 Å². The van der Waals surface area contributed by atoms with Gasteiger partial charge < -0.3 is 10.1 Å². The summed E-state index contributed by atoms with van der Waals surface area (Å²) in [7, 11) is 0. The maximum absolute atomic E-state index is 13.1. The molecule has 0 fully saturated rings. The van der Waals surface area contributed by atoms with E-state index in [0.29, 0.717) is 21.5 Å². The minimum absolute atomic E-state index is 0.0641. The van der Waals surface area contributed by atoms with E-state index in [2.05, 4.69) is 10.4 Å². The summed E-state index contributed by atoms with van der Waals surface area (Å²) in [6.07, 6.45) is 1.59. The van der Waals surface area contributed by atoms with Gasteiger partial charge in [-0.25, -0.2) is 9.07 Å². The van der Waals surface area contributed by atoms with Crippen LogP contribution in [0.1, 0.15) is 10.5 Å². The number of halogens is 3. The fourth-order valence-corrected chi connectivity index (χ4v) is 2.51. The Morgan fingerprint density at radius 1 is 1.20 bits per heavy atom. The van der Waals surface area contributed by atoms with Gasteiger partial charge in [0, 0.05) is 16.9 Å². The van der Waals surface area contributed by atoms with Crippen LogP contribution in [0.4, 0.5) is 10.1 Å². The van der Waals surface area contributed by atoms with E-state index in [1.54, 1.807) is 30.5 Å². The third-order valence-corrected chi connectivity index (χ3v) is 3.73. The van der Waals surface area contributed by atoms with Gasteiger partial charge in [0.15, 0.2) is 12.4 Å². The summed E-state index contributed by atoms with van der Waals surface area (Å²) in [6.45, 7) is 0.0641. The Kier molecular flexibility index (Phi) is 5.21. The SMILES string of the molecule is O=C(Nc1cccc(F)c1)c1ccn(COc2ccc(Cl)cc2Cl)n1. The number of rotatable bonds is 5. The van der Waals surface area contributed by atoms with Gasteiger partial charge in [0.2, 0.25) is 0 Å². The molecule has 0 atom stereocenters. The Bertz CT molecular complexity index is 914. The quantitative estimate of drug-likeness (QED) is 0.703. The van der Waals surface area contributed by atoms with E-state index >= 15 is 0 Å². The summed E-state index contributed by atoms with van der Waals surface area (Å²) < 4.78 is 20.1. The largest absolute Gasteiger partial charge is 0.470 e. The summed E-state index contributed by atoms with van der Waals surface area (Å²) in [5.74, 6) is -0.433. The van der Waals surface area contributed by atoms with Crippen LogP contribution in [-0.2, 0) is 6.73 Å². The first-order chi connectivity index (χ1) is 12.0. The first-order valence-corrected chi connectivity index (χ1v) is 7.95. The molecular weight excluding hydrogens is 368 g/mol. The van der Waals surface area contributed by atoms with Gasteiger partial charge in [-0.3, -0.25) is 4.79 Å². The minimum Gasteiger partial charge on any atom is -0.470 e. The Labute approximate surface area is 152 Å². The van der Waals surface area contributed by atoms with Gasteiger partial charge >= 0.3 is 0 Å². The molecule has 3 aromatic rings. The molecule has 0 aliphatic heterocycles. The standard InChI is InChI=1S/C17H12Cl2FN3O2/c18-11-4-5-16(14(19)8-11)25-10-23-7-6-15(22-23)17(24)21-13-3-1-2-12(20)9-13/h1-9H,10H2,(H,21,24). The van der Waals surface area contributed by atoms with Gasteiger partial charge in [0.25, 0.3) is 5.91 Å². The summed E-state index contributed by atoms with van der Waals surface area (Å²) in [5.41, 5.74) is 0.527. The molecule has 25 heavy (non-hydrogen) atoms. The van der Waals surface area contributed by atoms with Crippen molar-refractivity contribution < 1.29 is 13.9 Å². The number of aromatic nitrogens is 2. The number of ether oxygens (including phenoxy) is 1. The van der Waals surface area contributed by atoms with Gasteiger partial charge in [-0.05, 0) is 42.5 Å². The molecule has 8 heteroatoms. The molecule has 1 amide bonds. The van der Waals surface area contributed by atoms with Crippen LogP contribution in [0, 0.1) is 5.82 Å². The maximum Gasteiger partial charge on any atom is 0.276 e. The summed E-state index contributed by atoms with van der Waals surface area (Å²) in [5, 5.41) is 7.56. The van der Waals surface area contributed by atoms with Crippen molar-refractivity contribution in [2.45, 2.75) is 6.73 Å². The maximum atomic E-state index is 13.1. The normalized spacial score (nSPS) is 10.5. The van der Waals surface area contributed by atoms with Crippen molar-refractivity contribution in [3.63, 3.8) is 0 Å². The lowest BCUT2D eigenvalue weighted by molar-refractivity contribution is 0.102. The first-order valence-electron chi connectivity index (χ1n) is 7.19. The lowest BCUT2D eigenvalue weighted by Crippen LogP contribution is -2.14. The van der Waals surface area contributed by atoms with E-state index in [0.717, 1.165) is 0 Å². The second-order valence-electron chi connectivity index (χ2n) is 5.05. The van der Waals surface area contributed by atoms with Gasteiger partial charge in [-0.2, -0.15) is 5.10 Å². The highest BCUT2D eigenvalue weighted by atomic mass is 35.5. The number of carbonyl (C=O) groups is 1. The summed E-state index contributed by atoms with van der Waals surface area (Å²) >= 11 is 11.8. The molecule has 0 radical (unpaired) electrons. The summed E-state index contributed by atoms with van der Waals surface area (Å²) in [6, 6.07) is 12.0. The van der Waals surface area contributed by atoms with E-state index in [-0.39, 0.29) is 12.4 Å². The third kappa shape index (κ3) is 4.49. The average Bonchev–Trinajstić information content (AvgIpc) is 3.03. The summed E-state index contributed by atoms with van der Waals surface area (Å²) in [4.78, 5) is 12.1. The zero-order valence-electron chi connectivity index (χ0n) is 12.7. The number of nitrogens with zero attached hydrogens (tertiary/aromatic N) is 2. The molecule has 0 aliphatic rings. The first kappa shape index (κ1) is 17.3. The average molecular weight is 380 g/mol. The van der Waals surface area contributed by atoms with E-state index < -0.39 is 11.7 Å². The molecule has 0 saturated carbocycles. The van der Waals surface area contributed by atoms with Crippen molar-refractivity contribution >= 4 is 34.8 Å². The smallest absolute Gasteiger partial charge is 0.276 e. The van der Waals surface area contributed by atoms with Crippen LogP contribution in [-0.4, -0.2) is 15.7 Å². The molecule has 0 unspecified atom stereocenters. The molecule has 0 bridgehead atoms. The molecule has 1 heterocycles. The van der Waals surface area contributed by atoms with E-state index in [4.69, 9.17) is 27.9 Å². The van der Waals surface area contributed by atoms with Crippen LogP contribution in [0.15, 0.2) is 54.7 Å². The van der Waals surface area contributed by atoms with Crippen molar-refractivity contribution in [3.05, 3.63) is 76.3 Å². The Balaban J connectivity index is 1.62. The van der Waals surface area contributed by atoms with Crippen molar-refractivity contribution in [1.29, 1.82) is 0 Å². The molecule has 0 aliphatic carbocycles. The Morgan fingerprint density at radius 3 is 2.80 bits per heavy atom. The molecule has 128 valence electrons. The van der Waals surface area contributed by atoms with Crippen LogP contribution >= 0.6 is 23.2 Å². The number of anilines is 1. The number of benzene rings is 2. The highest BCUT2D eigenvalue weighted by Crippen LogP contribution is 2.27. The van der Waals surface area contributed by atoms with Gasteiger partial charge in [-0.1, -0.05) is 29.3 Å². The monoisotopic (exact) mass is 379 g/mol. The van der Waals surface area contributed by atoms with Gasteiger partial charge in [0.05, 0.1) is 5.02 Å². The highest BCUT2D eigenvalue weighted by molar-refractivity contribution is 6.35. The Hall–Kier alpha value is -2.57. The molecule has 2 aromatic carbocycles. The lowest BCUT2D eigenvalue weighted by Gasteiger charge is -2.08. The zero-order chi connectivity index (χ0) is 17.8. The van der Waals surface area contributed by atoms with Crippen LogP contribution in [0.25, 0.3) is 0 Å². The van der Waals surface area contributed by atoms with E-state index in [9.17, 15) is 9.18 Å². The van der Waals surface area contributed by atoms with Crippen molar-refractivity contribution in [2.24, 2.45) is 0 Å². The molecule has 3 rings (SSSR count). The number of hydrogen-bond donors (Lipinski definition) is 1. The molecular formula is C17H12Cl2FN3O2. The molecule has 1 N–H and O–H groups in total. The number of amides is 1. The zero-order valence-corrected chi connectivity index (χ0v) is 14.3. The second-order valence-corrected chi connectivity index (χ2v) is 5.90. The van der Waals surface area contributed by atoms with Crippen LogP contribution < -0.4 is 10.1 Å². The number of nitrogens with one attached hydrogen (secondary N) is 1. The lowest BCUT2D eigenvalue weighted by atomic mass is 10.3. The fourth-order valence-electron chi connectivity index (χ4n) is 2.04. The van der Waals surface area contributed by atoms with E-state index in [1.165, 1.54) is 28.9 Å². The highest BCUT2D eigenvalue weighted by Gasteiger charge is 2.11. The van der Waals surface area contributed by atoms with Crippen molar-refractivity contribution in [2.75, 3.05) is 5.32 Å². The van der Waals surface area contributed by atoms with Crippen LogP contribution in [0.3, 0.4) is 0 Å². The Morgan fingerprint density at radius 2 is 2.04 bits per heavy atom. The number of hydrogen-bond acceptors (Lipinski definition) is 3. The molecule has 0 saturated heterocycles. The molecule has 1 aromatic heterocycles. The topological polar surface area (TPSA) is 56.2 Å². The molecule has 0 spiro atoms. The predicted molar refractivity (Wildman–Crippen MR) is 93.7 cm³/mol.